The zero-order valence-corrected chi connectivity index (χ0v) is 22.4. The van der Waals surface area contributed by atoms with E-state index in [0.29, 0.717) is 29.3 Å². The second-order valence-electron chi connectivity index (χ2n) is 10.2. The summed E-state index contributed by atoms with van der Waals surface area (Å²) in [6, 6.07) is 16.3. The fraction of sp³-hybridized carbons (Fsp3) is 0.379. The number of esters is 1. The summed E-state index contributed by atoms with van der Waals surface area (Å²) in [6.45, 7) is 7.70. The van der Waals surface area contributed by atoms with E-state index >= 15 is 0 Å². The predicted molar refractivity (Wildman–Crippen MR) is 142 cm³/mol. The minimum Gasteiger partial charge on any atom is -0.461 e. The Bertz CT molecular complexity index is 1350. The molecule has 1 fully saturated rings. The number of benzene rings is 2. The van der Waals surface area contributed by atoms with Gasteiger partial charge >= 0.3 is 12.1 Å². The lowest BCUT2D eigenvalue weighted by Crippen LogP contribution is -2.42. The lowest BCUT2D eigenvalue weighted by Gasteiger charge is -2.29. The van der Waals surface area contributed by atoms with E-state index in [1.165, 1.54) is 0 Å². The monoisotopic (exact) mass is 532 g/mol. The molecule has 3 aromatic rings. The third-order valence-corrected chi connectivity index (χ3v) is 6.39. The number of nitriles is 1. The summed E-state index contributed by atoms with van der Waals surface area (Å²) >= 11 is 0. The van der Waals surface area contributed by atoms with Crippen LogP contribution in [0.1, 0.15) is 61.6 Å². The van der Waals surface area contributed by atoms with Crippen molar-refractivity contribution in [3.63, 3.8) is 0 Å². The Labute approximate surface area is 227 Å². The molecule has 39 heavy (non-hydrogen) atoms. The zero-order valence-electron chi connectivity index (χ0n) is 22.4. The number of aromatic nitrogens is 2. The molecule has 0 bridgehead atoms. The molecule has 1 unspecified atom stereocenters. The summed E-state index contributed by atoms with van der Waals surface area (Å²) in [5.74, 6) is 0.558. The number of hydrogen-bond acceptors (Lipinski definition) is 8. The van der Waals surface area contributed by atoms with Crippen molar-refractivity contribution in [3.8, 4) is 28.8 Å². The molecule has 4 rings (SSSR count). The van der Waals surface area contributed by atoms with Crippen LogP contribution in [-0.2, 0) is 9.47 Å². The van der Waals surface area contributed by atoms with Crippen LogP contribution in [0.5, 0.6) is 11.5 Å². The molecule has 10 nitrogen and oxygen atoms in total. The van der Waals surface area contributed by atoms with Gasteiger partial charge in [0.2, 0.25) is 0 Å². The van der Waals surface area contributed by atoms with Gasteiger partial charge in [-0.15, -0.1) is 0 Å². The number of H-pyrrole nitrogens is 1. The molecule has 1 aliphatic heterocycles. The van der Waals surface area contributed by atoms with E-state index in [1.807, 2.05) is 51.1 Å². The van der Waals surface area contributed by atoms with Crippen LogP contribution in [0.4, 0.5) is 4.79 Å². The molecule has 204 valence electrons. The average molecular weight is 533 g/mol. The number of aromatic amines is 1. The first-order valence-corrected chi connectivity index (χ1v) is 12.8. The van der Waals surface area contributed by atoms with Crippen molar-refractivity contribution in [1.29, 1.82) is 5.26 Å². The number of rotatable bonds is 7. The Morgan fingerprint density at radius 1 is 1.13 bits per heavy atom. The molecular weight excluding hydrogens is 500 g/mol. The highest BCUT2D eigenvalue weighted by molar-refractivity contribution is 5.92. The van der Waals surface area contributed by atoms with Crippen LogP contribution in [-0.4, -0.2) is 63.7 Å². The van der Waals surface area contributed by atoms with Crippen LogP contribution in [0, 0.1) is 11.3 Å². The third kappa shape index (κ3) is 6.21. The van der Waals surface area contributed by atoms with E-state index in [9.17, 15) is 20.0 Å². The maximum Gasteiger partial charge on any atom is 0.410 e. The predicted octanol–water partition coefficient (Wildman–Crippen LogP) is 5.00. The number of likely N-dealkylation sites (tertiary alicyclic amines) is 1. The SMILES string of the molecule is CCOC(=O)c1[nH]nc(-c2ccc(Oc3ccc(C4CCN(C(=O)OC(C)(C)C)[C@@H]4CO)cc3)cc2)c1C#N. The number of nitrogens with zero attached hydrogens (tertiary/aromatic N) is 3. The van der Waals surface area contributed by atoms with Gasteiger partial charge in [-0.1, -0.05) is 12.1 Å². The van der Waals surface area contributed by atoms with E-state index in [0.717, 1.165) is 12.0 Å². The van der Waals surface area contributed by atoms with Crippen LogP contribution >= 0.6 is 0 Å². The van der Waals surface area contributed by atoms with E-state index in [4.69, 9.17) is 14.2 Å². The lowest BCUT2D eigenvalue weighted by molar-refractivity contribution is 0.0165. The number of aliphatic hydroxyl groups is 1. The van der Waals surface area contributed by atoms with Crippen molar-refractivity contribution in [2.24, 2.45) is 0 Å². The number of hydrogen-bond donors (Lipinski definition) is 2. The van der Waals surface area contributed by atoms with Crippen LogP contribution in [0.25, 0.3) is 11.3 Å². The quantitative estimate of drug-likeness (QED) is 0.405. The second kappa shape index (κ2) is 11.6. The number of amides is 1. The third-order valence-electron chi connectivity index (χ3n) is 6.39. The highest BCUT2D eigenvalue weighted by atomic mass is 16.6. The number of ether oxygens (including phenoxy) is 3. The molecule has 1 saturated heterocycles. The first-order valence-electron chi connectivity index (χ1n) is 12.8. The van der Waals surface area contributed by atoms with Crippen LogP contribution < -0.4 is 4.74 Å². The number of carbonyl (C=O) groups is 2. The molecule has 1 amide bonds. The average Bonchev–Trinajstić information content (AvgIpc) is 3.53. The fourth-order valence-corrected chi connectivity index (χ4v) is 4.63. The van der Waals surface area contributed by atoms with Gasteiger partial charge in [0.15, 0.2) is 5.69 Å². The topological polar surface area (TPSA) is 138 Å². The van der Waals surface area contributed by atoms with Gasteiger partial charge in [0.1, 0.15) is 34.4 Å². The molecule has 10 heteroatoms. The Morgan fingerprint density at radius 2 is 1.77 bits per heavy atom. The fourth-order valence-electron chi connectivity index (χ4n) is 4.63. The van der Waals surface area contributed by atoms with Crippen molar-refractivity contribution >= 4 is 12.1 Å². The molecule has 0 aliphatic carbocycles. The Morgan fingerprint density at radius 3 is 2.33 bits per heavy atom. The van der Waals surface area contributed by atoms with Crippen LogP contribution in [0.2, 0.25) is 0 Å². The molecule has 2 heterocycles. The lowest BCUT2D eigenvalue weighted by atomic mass is 9.92. The molecule has 0 saturated carbocycles. The largest absolute Gasteiger partial charge is 0.461 e. The van der Waals surface area contributed by atoms with Gasteiger partial charge < -0.3 is 24.2 Å². The summed E-state index contributed by atoms with van der Waals surface area (Å²) < 4.78 is 16.5. The van der Waals surface area contributed by atoms with Gasteiger partial charge in [0.05, 0.1) is 19.3 Å². The molecule has 0 spiro atoms. The number of carbonyl (C=O) groups excluding carboxylic acids is 2. The van der Waals surface area contributed by atoms with Crippen molar-refractivity contribution in [3.05, 3.63) is 65.4 Å². The molecule has 1 aromatic heterocycles. The van der Waals surface area contributed by atoms with Gasteiger partial charge in [0.25, 0.3) is 0 Å². The van der Waals surface area contributed by atoms with E-state index in [1.54, 1.807) is 36.1 Å². The molecule has 2 N–H and O–H groups in total. The Kier molecular flexibility index (Phi) is 8.21. The standard InChI is InChI=1S/C29H32N4O6/c1-5-37-27(35)26-23(16-30)25(31-32-26)19-8-12-21(13-9-19)38-20-10-6-18(7-11-20)22-14-15-33(24(22)17-34)28(36)39-29(2,3)4/h6-13,22,24,34H,5,14-15,17H2,1-4H3,(H,31,32)/t22?,24-/m1/s1. The van der Waals surface area contributed by atoms with E-state index < -0.39 is 17.7 Å². The van der Waals surface area contributed by atoms with E-state index in [-0.39, 0.29) is 36.4 Å². The van der Waals surface area contributed by atoms with Crippen LogP contribution in [0.15, 0.2) is 48.5 Å². The Hall–Kier alpha value is -4.36. The van der Waals surface area contributed by atoms with Crippen molar-refractivity contribution < 1.29 is 28.9 Å². The van der Waals surface area contributed by atoms with Gasteiger partial charge in [0, 0.05) is 18.0 Å². The summed E-state index contributed by atoms with van der Waals surface area (Å²) in [4.78, 5) is 26.3. The smallest absolute Gasteiger partial charge is 0.410 e. The summed E-state index contributed by atoms with van der Waals surface area (Å²) in [7, 11) is 0. The van der Waals surface area contributed by atoms with E-state index in [2.05, 4.69) is 10.2 Å². The molecule has 2 atom stereocenters. The minimum absolute atomic E-state index is 0.0152. The molecule has 2 aromatic carbocycles. The maximum absolute atomic E-state index is 12.6. The van der Waals surface area contributed by atoms with Gasteiger partial charge in [-0.3, -0.25) is 5.10 Å². The van der Waals surface area contributed by atoms with Gasteiger partial charge in [-0.25, -0.2) is 9.59 Å². The zero-order chi connectivity index (χ0) is 28.2. The summed E-state index contributed by atoms with van der Waals surface area (Å²) in [5, 5.41) is 26.3. The number of nitrogens with one attached hydrogen (secondary N) is 1. The van der Waals surface area contributed by atoms with Crippen molar-refractivity contribution in [2.45, 2.75) is 51.7 Å². The Balaban J connectivity index is 1.43. The van der Waals surface area contributed by atoms with Gasteiger partial charge in [-0.2, -0.15) is 10.4 Å². The second-order valence-corrected chi connectivity index (χ2v) is 10.2. The van der Waals surface area contributed by atoms with Crippen molar-refractivity contribution in [1.82, 2.24) is 15.1 Å². The highest BCUT2D eigenvalue weighted by Gasteiger charge is 2.39. The molecular formula is C29H32N4O6. The first kappa shape index (κ1) is 27.7. The molecule has 1 aliphatic rings. The first-order chi connectivity index (χ1) is 18.6. The molecule has 0 radical (unpaired) electrons. The minimum atomic E-state index is -0.628. The maximum atomic E-state index is 12.6. The summed E-state index contributed by atoms with van der Waals surface area (Å²) in [6.07, 6.45) is 0.309. The number of aliphatic hydroxyl groups excluding tert-OH is 1. The normalized spacial score (nSPS) is 17.0. The summed E-state index contributed by atoms with van der Waals surface area (Å²) in [5.41, 5.74) is 1.54. The van der Waals surface area contributed by atoms with Crippen LogP contribution in [0.3, 0.4) is 0 Å². The van der Waals surface area contributed by atoms with Gasteiger partial charge in [-0.05, 0) is 76.1 Å². The van der Waals surface area contributed by atoms with Crippen molar-refractivity contribution in [2.75, 3.05) is 19.8 Å². The highest BCUT2D eigenvalue weighted by Crippen LogP contribution is 2.36.